The first kappa shape index (κ1) is 36.4. The molecule has 0 radical (unpaired) electrons. The van der Waals surface area contributed by atoms with Crippen LogP contribution in [-0.4, -0.2) is 153 Å². The van der Waals surface area contributed by atoms with Crippen LogP contribution in [-0.2, 0) is 28.7 Å². The number of rotatable bonds is 18. The highest BCUT2D eigenvalue weighted by Crippen LogP contribution is 2.28. The lowest BCUT2D eigenvalue weighted by atomic mass is 10.0. The Hall–Kier alpha value is -0.820. The number of halogens is 2. The molecule has 15 unspecified atom stereocenters. The second kappa shape index (κ2) is 17.5. The Morgan fingerprint density at radius 2 is 1.56 bits per heavy atom. The van der Waals surface area contributed by atoms with E-state index in [1.807, 2.05) is 0 Å². The van der Waals surface area contributed by atoms with Crippen molar-refractivity contribution in [1.29, 1.82) is 0 Å². The zero-order valence-corrected chi connectivity index (χ0v) is 22.6. The van der Waals surface area contributed by atoms with Crippen LogP contribution in [0.4, 0.5) is 8.96 Å². The van der Waals surface area contributed by atoms with E-state index in [4.69, 9.17) is 34.5 Å². The minimum absolute atomic E-state index is 0.197. The van der Waals surface area contributed by atoms with E-state index in [1.165, 1.54) is 24.9 Å². The van der Waals surface area contributed by atoms with E-state index in [0.717, 1.165) is 0 Å². The number of aliphatic hydroxyl groups excluding tert-OH is 8. The highest BCUT2D eigenvalue weighted by atomic mass is 19.2. The molecule has 2 saturated heterocycles. The number of nitrogens with two attached hydrogens (primary N) is 1. The number of ether oxygens (including phenoxy) is 4. The van der Waals surface area contributed by atoms with Gasteiger partial charge in [-0.1, -0.05) is 0 Å². The minimum atomic E-state index is -2.06. The van der Waals surface area contributed by atoms with E-state index >= 15 is 0 Å². The molecule has 17 nitrogen and oxygen atoms in total. The third-order valence-corrected chi connectivity index (χ3v) is 6.92. The molecule has 2 fully saturated rings. The Balaban J connectivity index is 1.96. The van der Waals surface area contributed by atoms with Crippen LogP contribution in [0.25, 0.3) is 0 Å². The van der Waals surface area contributed by atoms with Crippen molar-refractivity contribution in [3.05, 3.63) is 0 Å². The van der Waals surface area contributed by atoms with Crippen molar-refractivity contribution in [2.45, 2.75) is 119 Å². The highest BCUT2D eigenvalue weighted by molar-refractivity contribution is 4.89. The zero-order valence-electron chi connectivity index (χ0n) is 22.6. The SMILES string of the molecule is CC(O)C(O)C(CN)OOC1C(CO)OC(OC(O)C(CC(NF)C(C)OC2CC(O)C(O)C(CO)O2)NF)C1O. The van der Waals surface area contributed by atoms with Gasteiger partial charge in [0.15, 0.2) is 25.0 Å². The molecular weight excluding hydrogens is 568 g/mol. The number of nitrogens with one attached hydrogen (secondary N) is 2. The summed E-state index contributed by atoms with van der Waals surface area (Å²) in [6.07, 6.45) is -18.8. The van der Waals surface area contributed by atoms with Crippen molar-refractivity contribution in [2.24, 2.45) is 5.73 Å². The molecule has 15 atom stereocenters. The predicted octanol–water partition coefficient (Wildman–Crippen LogP) is -4.90. The van der Waals surface area contributed by atoms with Gasteiger partial charge in [0.1, 0.15) is 36.6 Å². The monoisotopic (exact) mass is 611 g/mol. The maximum Gasteiger partial charge on any atom is 0.189 e. The largest absolute Gasteiger partial charge is 0.394 e. The van der Waals surface area contributed by atoms with Gasteiger partial charge in [0.05, 0.1) is 43.6 Å². The molecule has 0 aliphatic carbocycles. The maximum absolute atomic E-state index is 13.7. The average molecular weight is 612 g/mol. The lowest BCUT2D eigenvalue weighted by molar-refractivity contribution is -0.376. The highest BCUT2D eigenvalue weighted by Gasteiger charge is 2.48. The first-order valence-corrected chi connectivity index (χ1v) is 13.1. The molecule has 0 bridgehead atoms. The molecule has 0 saturated carbocycles. The standard InChI is InChI=1S/C22H43F2N3O14/c1-8(30)17(32)13(5-25)40-41-20-15(7-29)38-22(19(20)34)39-21(35)11(27-24)3-10(26-23)9(2)36-16-4-12(31)18(33)14(6-28)37-16/h8-22,26-35H,3-7,25H2,1-2H3. The number of hydrogen-bond acceptors (Lipinski definition) is 17. The molecule has 0 spiro atoms. The molecule has 0 aromatic carbocycles. The summed E-state index contributed by atoms with van der Waals surface area (Å²) < 4.78 is 48.7. The normalized spacial score (nSPS) is 35.9. The first-order chi connectivity index (χ1) is 19.4. The molecular formula is C22H43F2N3O14. The topological polar surface area (TPSA) is 267 Å². The summed E-state index contributed by atoms with van der Waals surface area (Å²) in [6, 6.07) is -2.92. The third kappa shape index (κ3) is 9.84. The van der Waals surface area contributed by atoms with Crippen molar-refractivity contribution in [3.63, 3.8) is 0 Å². The van der Waals surface area contributed by atoms with E-state index in [2.05, 4.69) is 0 Å². The van der Waals surface area contributed by atoms with Crippen molar-refractivity contribution < 1.29 is 78.5 Å². The van der Waals surface area contributed by atoms with Crippen LogP contribution in [0.2, 0.25) is 0 Å². The molecule has 2 aliphatic heterocycles. The van der Waals surface area contributed by atoms with Gasteiger partial charge < -0.3 is 65.5 Å². The Bertz CT molecular complexity index is 739. The lowest BCUT2D eigenvalue weighted by Crippen LogP contribution is -2.53. The van der Waals surface area contributed by atoms with Crippen LogP contribution in [0.1, 0.15) is 26.7 Å². The van der Waals surface area contributed by atoms with Gasteiger partial charge in [-0.2, -0.15) is 11.1 Å². The molecule has 0 aromatic rings. The van der Waals surface area contributed by atoms with Crippen LogP contribution in [0.5, 0.6) is 0 Å². The van der Waals surface area contributed by atoms with Crippen molar-refractivity contribution in [1.82, 2.24) is 11.1 Å². The van der Waals surface area contributed by atoms with E-state index in [-0.39, 0.29) is 13.0 Å². The summed E-state index contributed by atoms with van der Waals surface area (Å²) in [7, 11) is 0. The van der Waals surface area contributed by atoms with E-state index in [9.17, 15) is 49.8 Å². The Morgan fingerprint density at radius 3 is 2.10 bits per heavy atom. The fourth-order valence-corrected chi connectivity index (χ4v) is 4.30. The van der Waals surface area contributed by atoms with E-state index in [0.29, 0.717) is 0 Å². The van der Waals surface area contributed by atoms with Crippen LogP contribution in [0.15, 0.2) is 0 Å². The fourth-order valence-electron chi connectivity index (χ4n) is 4.30. The molecule has 0 aromatic heterocycles. The van der Waals surface area contributed by atoms with Gasteiger partial charge in [-0.3, -0.25) is 0 Å². The fraction of sp³-hybridized carbons (Fsp3) is 1.00. The molecule has 0 amide bonds. The van der Waals surface area contributed by atoms with Gasteiger partial charge in [-0.25, -0.2) is 9.78 Å². The van der Waals surface area contributed by atoms with Crippen LogP contribution < -0.4 is 16.8 Å². The second-order valence-corrected chi connectivity index (χ2v) is 9.99. The summed E-state index contributed by atoms with van der Waals surface area (Å²) in [5.74, 6) is 0. The minimum Gasteiger partial charge on any atom is -0.394 e. The van der Waals surface area contributed by atoms with E-state index < -0.39 is 112 Å². The molecule has 2 rings (SSSR count). The first-order valence-electron chi connectivity index (χ1n) is 13.1. The van der Waals surface area contributed by atoms with Gasteiger partial charge in [-0.05, 0) is 20.3 Å². The van der Waals surface area contributed by atoms with Gasteiger partial charge in [0.2, 0.25) is 0 Å². The van der Waals surface area contributed by atoms with Crippen LogP contribution in [0, 0.1) is 0 Å². The van der Waals surface area contributed by atoms with Gasteiger partial charge in [-0.15, -0.1) is 8.96 Å². The smallest absolute Gasteiger partial charge is 0.189 e. The summed E-state index contributed by atoms with van der Waals surface area (Å²) in [5.41, 5.74) is 8.18. The quantitative estimate of drug-likeness (QED) is 0.0300. The predicted molar refractivity (Wildman–Crippen MR) is 129 cm³/mol. The molecule has 2 heterocycles. The third-order valence-electron chi connectivity index (χ3n) is 6.92. The zero-order chi connectivity index (χ0) is 30.9. The summed E-state index contributed by atoms with van der Waals surface area (Å²) >= 11 is 0. The average Bonchev–Trinajstić information content (AvgIpc) is 3.24. The number of aliphatic hydroxyl groups is 8. The van der Waals surface area contributed by atoms with Crippen LogP contribution in [0.3, 0.4) is 0 Å². The van der Waals surface area contributed by atoms with Crippen LogP contribution >= 0.6 is 0 Å². The van der Waals surface area contributed by atoms with Crippen molar-refractivity contribution in [2.75, 3.05) is 19.8 Å². The summed E-state index contributed by atoms with van der Waals surface area (Å²) in [4.78, 5) is 10.1. The van der Waals surface area contributed by atoms with Crippen molar-refractivity contribution >= 4 is 0 Å². The van der Waals surface area contributed by atoms with Gasteiger partial charge in [0.25, 0.3) is 0 Å². The second-order valence-electron chi connectivity index (χ2n) is 9.99. The molecule has 12 N–H and O–H groups in total. The summed E-state index contributed by atoms with van der Waals surface area (Å²) in [6.45, 7) is 1.05. The van der Waals surface area contributed by atoms with Crippen molar-refractivity contribution in [3.8, 4) is 0 Å². The molecule has 2 aliphatic rings. The molecule has 19 heteroatoms. The van der Waals surface area contributed by atoms with Gasteiger partial charge >= 0.3 is 0 Å². The number of hydrogen-bond donors (Lipinski definition) is 11. The Labute approximate surface area is 234 Å². The lowest BCUT2D eigenvalue weighted by Gasteiger charge is -2.38. The summed E-state index contributed by atoms with van der Waals surface area (Å²) in [5, 5.41) is 79.1. The Kier molecular flexibility index (Phi) is 15.5. The Morgan fingerprint density at radius 1 is 0.927 bits per heavy atom. The van der Waals surface area contributed by atoms with Gasteiger partial charge in [0, 0.05) is 13.0 Å². The molecule has 244 valence electrons. The molecule has 41 heavy (non-hydrogen) atoms. The van der Waals surface area contributed by atoms with E-state index in [1.54, 1.807) is 0 Å². The maximum atomic E-state index is 13.7.